The van der Waals surface area contributed by atoms with Crippen molar-refractivity contribution < 1.29 is 27.8 Å². The molecule has 0 saturated carbocycles. The van der Waals surface area contributed by atoms with Crippen LogP contribution in [0.25, 0.3) is 11.4 Å². The predicted octanol–water partition coefficient (Wildman–Crippen LogP) is 0.773. The summed E-state index contributed by atoms with van der Waals surface area (Å²) in [6.07, 6.45) is 0.422. The molecule has 3 aliphatic rings. The Balaban J connectivity index is 1.26. The van der Waals surface area contributed by atoms with E-state index in [0.29, 0.717) is 77.5 Å². The van der Waals surface area contributed by atoms with E-state index in [2.05, 4.69) is 26.5 Å². The molecule has 14 nitrogen and oxygen atoms in total. The predicted molar refractivity (Wildman–Crippen MR) is 152 cm³/mol. The third-order valence-electron chi connectivity index (χ3n) is 7.79. The first-order chi connectivity index (χ1) is 20.7. The van der Waals surface area contributed by atoms with Crippen LogP contribution in [-0.2, 0) is 19.1 Å². The number of nitrogen functional groups attached to an aromatic ring is 1. The summed E-state index contributed by atoms with van der Waals surface area (Å²) in [5.74, 6) is 0.348. The molecule has 0 unspecified atom stereocenters. The van der Waals surface area contributed by atoms with Gasteiger partial charge in [0.05, 0.1) is 31.4 Å². The maximum atomic E-state index is 13.9. The van der Waals surface area contributed by atoms with E-state index in [4.69, 9.17) is 20.2 Å². The van der Waals surface area contributed by atoms with Gasteiger partial charge in [-0.05, 0) is 19.4 Å². The third-order valence-corrected chi connectivity index (χ3v) is 7.79. The van der Waals surface area contributed by atoms with Crippen molar-refractivity contribution >= 4 is 29.7 Å². The molecule has 16 heteroatoms. The van der Waals surface area contributed by atoms with Crippen molar-refractivity contribution in [1.29, 1.82) is 0 Å². The lowest BCUT2D eigenvalue weighted by Gasteiger charge is -2.36. The monoisotopic (exact) mass is 602 g/mol. The van der Waals surface area contributed by atoms with Crippen LogP contribution in [-0.4, -0.2) is 125 Å². The third kappa shape index (κ3) is 7.13. The number of nitrogens with two attached hydrogens (primary N) is 1. The Labute approximate surface area is 247 Å². The number of alkyl halides is 2. The molecule has 3 saturated heterocycles. The van der Waals surface area contributed by atoms with Crippen LogP contribution < -0.4 is 15.5 Å². The molecule has 2 N–H and O–H groups in total. The van der Waals surface area contributed by atoms with Crippen LogP contribution in [0.5, 0.6) is 0 Å². The van der Waals surface area contributed by atoms with Gasteiger partial charge in [-0.2, -0.15) is 15.0 Å². The fraction of sp³-hybridized carbons (Fsp3) is 0.593. The Morgan fingerprint density at radius 2 is 1.88 bits per heavy atom. The molecule has 0 aromatic carbocycles. The molecule has 0 bridgehead atoms. The topological polar surface area (TPSA) is 156 Å². The zero-order valence-electron chi connectivity index (χ0n) is 24.1. The van der Waals surface area contributed by atoms with Crippen LogP contribution in [0.3, 0.4) is 0 Å². The molecule has 0 aliphatic carbocycles. The SMILES string of the molecule is C=CC(=O)N1CC[C@H](COCC(=O)N2CCN(c3nc(-c4cnc(N)nc4C(F)F)nc(N4CCOC[C@@H]4C)n3)CC2)C1. The highest BCUT2D eigenvalue weighted by Crippen LogP contribution is 2.30. The molecular formula is C27H36F2N10O4. The summed E-state index contributed by atoms with van der Waals surface area (Å²) >= 11 is 0. The van der Waals surface area contributed by atoms with Crippen molar-refractivity contribution in [2.75, 3.05) is 87.8 Å². The van der Waals surface area contributed by atoms with Crippen LogP contribution in [0.15, 0.2) is 18.9 Å². The van der Waals surface area contributed by atoms with Gasteiger partial charge in [0.15, 0.2) is 5.82 Å². The highest BCUT2D eigenvalue weighted by molar-refractivity contribution is 5.87. The number of halogens is 2. The molecule has 2 aromatic heterocycles. The minimum Gasteiger partial charge on any atom is -0.377 e. The van der Waals surface area contributed by atoms with Crippen molar-refractivity contribution in [2.45, 2.75) is 25.8 Å². The quantitative estimate of drug-likeness (QED) is 0.403. The number of ether oxygens (including phenoxy) is 2. The maximum absolute atomic E-state index is 13.9. The lowest BCUT2D eigenvalue weighted by atomic mass is 10.1. The van der Waals surface area contributed by atoms with E-state index in [1.165, 1.54) is 12.3 Å². The van der Waals surface area contributed by atoms with Gasteiger partial charge in [-0.15, -0.1) is 0 Å². The molecule has 0 spiro atoms. The van der Waals surface area contributed by atoms with Crippen molar-refractivity contribution in [3.63, 3.8) is 0 Å². The highest BCUT2D eigenvalue weighted by Gasteiger charge is 2.29. The van der Waals surface area contributed by atoms with Gasteiger partial charge in [-0.1, -0.05) is 6.58 Å². The molecule has 43 heavy (non-hydrogen) atoms. The minimum atomic E-state index is -2.91. The second-order valence-electron chi connectivity index (χ2n) is 10.7. The summed E-state index contributed by atoms with van der Waals surface area (Å²) in [6, 6.07) is -0.0432. The highest BCUT2D eigenvalue weighted by atomic mass is 19.3. The lowest BCUT2D eigenvalue weighted by molar-refractivity contribution is -0.137. The van der Waals surface area contributed by atoms with Gasteiger partial charge in [0, 0.05) is 57.9 Å². The Morgan fingerprint density at radius 1 is 1.12 bits per heavy atom. The molecule has 5 rings (SSSR count). The maximum Gasteiger partial charge on any atom is 0.281 e. The molecule has 2 atom stereocenters. The van der Waals surface area contributed by atoms with E-state index in [9.17, 15) is 18.4 Å². The van der Waals surface area contributed by atoms with Crippen molar-refractivity contribution in [3.8, 4) is 11.4 Å². The number of anilines is 3. The number of nitrogens with zero attached hydrogens (tertiary/aromatic N) is 9. The van der Waals surface area contributed by atoms with Gasteiger partial charge in [-0.25, -0.2) is 18.7 Å². The molecule has 232 valence electrons. The van der Waals surface area contributed by atoms with Gasteiger partial charge >= 0.3 is 0 Å². The normalized spacial score (nSPS) is 21.0. The number of morpholine rings is 1. The summed E-state index contributed by atoms with van der Waals surface area (Å²) in [6.45, 7) is 10.2. The first-order valence-corrected chi connectivity index (χ1v) is 14.3. The molecule has 0 radical (unpaired) electrons. The largest absolute Gasteiger partial charge is 0.377 e. The number of likely N-dealkylation sites (tertiary alicyclic amines) is 1. The first-order valence-electron chi connectivity index (χ1n) is 14.3. The fourth-order valence-electron chi connectivity index (χ4n) is 5.37. The van der Waals surface area contributed by atoms with E-state index >= 15 is 0 Å². The summed E-state index contributed by atoms with van der Waals surface area (Å²) in [5, 5.41) is 0. The Morgan fingerprint density at radius 3 is 2.60 bits per heavy atom. The zero-order valence-corrected chi connectivity index (χ0v) is 24.1. The summed E-state index contributed by atoms with van der Waals surface area (Å²) in [7, 11) is 0. The molecule has 2 amide bonds. The Kier molecular flexibility index (Phi) is 9.55. The van der Waals surface area contributed by atoms with Gasteiger partial charge in [-0.3, -0.25) is 9.59 Å². The van der Waals surface area contributed by atoms with Gasteiger partial charge in [0.2, 0.25) is 29.7 Å². The number of piperazine rings is 1. The van der Waals surface area contributed by atoms with Gasteiger partial charge in [0.25, 0.3) is 6.43 Å². The average Bonchev–Trinajstić information content (AvgIpc) is 3.49. The molecular weight excluding hydrogens is 566 g/mol. The van der Waals surface area contributed by atoms with Crippen LogP contribution in [0.1, 0.15) is 25.5 Å². The lowest BCUT2D eigenvalue weighted by Crippen LogP contribution is -2.50. The smallest absolute Gasteiger partial charge is 0.281 e. The number of aromatic nitrogens is 5. The number of carbonyl (C=O) groups is 2. The Bertz CT molecular complexity index is 1330. The Hall–Kier alpha value is -4.05. The van der Waals surface area contributed by atoms with Crippen LogP contribution in [0.2, 0.25) is 0 Å². The van der Waals surface area contributed by atoms with E-state index in [0.717, 1.165) is 6.42 Å². The summed E-state index contributed by atoms with van der Waals surface area (Å²) in [4.78, 5) is 53.3. The molecule has 2 aromatic rings. The van der Waals surface area contributed by atoms with E-state index in [-0.39, 0.29) is 47.7 Å². The van der Waals surface area contributed by atoms with Gasteiger partial charge in [0.1, 0.15) is 12.3 Å². The standard InChI is InChI=1S/C27H36F2N10O4/c1-3-20(40)38-5-4-18(13-38)15-43-16-21(41)36-6-8-37(9-7-36)26-33-24(19-12-31-25(30)32-22(19)23(28)29)34-27(35-26)39-10-11-42-14-17(39)2/h3,12,17-18,23H,1,4-11,13-16H2,2H3,(H2,30,31,32)/t17-,18-/m0/s1. The van der Waals surface area contributed by atoms with Crippen molar-refractivity contribution in [3.05, 3.63) is 24.5 Å². The number of carbonyl (C=O) groups excluding carboxylic acids is 2. The number of amides is 2. The minimum absolute atomic E-state index is 0.0150. The van der Waals surface area contributed by atoms with Crippen LogP contribution in [0, 0.1) is 5.92 Å². The fourth-order valence-corrected chi connectivity index (χ4v) is 5.37. The van der Waals surface area contributed by atoms with E-state index in [1.54, 1.807) is 9.80 Å². The van der Waals surface area contributed by atoms with Crippen molar-refractivity contribution in [2.24, 2.45) is 5.92 Å². The second kappa shape index (κ2) is 13.5. The van der Waals surface area contributed by atoms with E-state index < -0.39 is 12.1 Å². The van der Waals surface area contributed by atoms with Gasteiger partial charge < -0.3 is 34.8 Å². The van der Waals surface area contributed by atoms with Crippen LogP contribution >= 0.6 is 0 Å². The second-order valence-corrected chi connectivity index (χ2v) is 10.7. The zero-order chi connectivity index (χ0) is 30.5. The average molecular weight is 603 g/mol. The summed E-state index contributed by atoms with van der Waals surface area (Å²) in [5.41, 5.74) is 4.99. The van der Waals surface area contributed by atoms with E-state index in [1.807, 2.05) is 16.7 Å². The molecule has 3 aliphatic heterocycles. The summed E-state index contributed by atoms with van der Waals surface area (Å²) < 4.78 is 39.1. The number of hydrogen-bond acceptors (Lipinski definition) is 12. The molecule has 5 heterocycles. The first kappa shape index (κ1) is 30.4. The van der Waals surface area contributed by atoms with Crippen molar-refractivity contribution in [1.82, 2.24) is 34.7 Å². The number of rotatable bonds is 9. The van der Waals surface area contributed by atoms with Crippen LogP contribution in [0.4, 0.5) is 26.6 Å². The number of hydrogen-bond donors (Lipinski definition) is 1. The molecule has 3 fully saturated rings.